The molecule has 0 saturated carbocycles. The summed E-state index contributed by atoms with van der Waals surface area (Å²) in [7, 11) is 3.54. The van der Waals surface area contributed by atoms with Crippen LogP contribution < -0.4 is 25.2 Å². The Bertz CT molecular complexity index is 944. The molecule has 2 aromatic carbocycles. The van der Waals surface area contributed by atoms with Gasteiger partial charge in [-0.05, 0) is 29.8 Å². The molecule has 0 spiro atoms. The number of guanidine groups is 1. The number of hydrogen-bond donors (Lipinski definition) is 2. The van der Waals surface area contributed by atoms with Crippen LogP contribution in [0.5, 0.6) is 5.75 Å². The molecule has 1 amide bonds. The van der Waals surface area contributed by atoms with Gasteiger partial charge in [0.15, 0.2) is 5.96 Å². The van der Waals surface area contributed by atoms with Gasteiger partial charge in [0.25, 0.3) is 0 Å². The SMILES string of the molecule is CN=C(NCc1ccc(N2CCNC(=O)C2)cc1)N1CCN(c2cccc(OC)c2)CC1.I. The molecule has 4 rings (SSSR count). The molecule has 0 aliphatic carbocycles. The molecule has 2 fully saturated rings. The van der Waals surface area contributed by atoms with Gasteiger partial charge >= 0.3 is 0 Å². The minimum absolute atomic E-state index is 0. The fraction of sp³-hybridized carbons (Fsp3) is 0.417. The first kappa shape index (κ1) is 24.9. The topological polar surface area (TPSA) is 72.4 Å². The van der Waals surface area contributed by atoms with Crippen LogP contribution in [-0.4, -0.2) is 76.7 Å². The van der Waals surface area contributed by atoms with E-state index in [2.05, 4.69) is 66.7 Å². The number of carbonyl (C=O) groups is 1. The summed E-state index contributed by atoms with van der Waals surface area (Å²) in [6.45, 7) is 6.37. The number of benzene rings is 2. The molecular formula is C24H33IN6O2. The third-order valence-corrected chi connectivity index (χ3v) is 6.00. The van der Waals surface area contributed by atoms with Crippen molar-refractivity contribution in [3.63, 3.8) is 0 Å². The smallest absolute Gasteiger partial charge is 0.239 e. The van der Waals surface area contributed by atoms with E-state index in [1.165, 1.54) is 11.3 Å². The van der Waals surface area contributed by atoms with Crippen LogP contribution in [0.1, 0.15) is 5.56 Å². The highest BCUT2D eigenvalue weighted by Gasteiger charge is 2.20. The number of anilines is 2. The lowest BCUT2D eigenvalue weighted by Gasteiger charge is -2.37. The number of nitrogens with zero attached hydrogens (tertiary/aromatic N) is 4. The quantitative estimate of drug-likeness (QED) is 0.330. The first-order chi connectivity index (χ1) is 15.7. The Kier molecular flexibility index (Phi) is 9.04. The summed E-state index contributed by atoms with van der Waals surface area (Å²) in [6.07, 6.45) is 0. The van der Waals surface area contributed by atoms with Gasteiger partial charge in [-0.3, -0.25) is 9.79 Å². The summed E-state index contributed by atoms with van der Waals surface area (Å²) in [6, 6.07) is 16.6. The van der Waals surface area contributed by atoms with Gasteiger partial charge in [0, 0.05) is 70.3 Å². The summed E-state index contributed by atoms with van der Waals surface area (Å²) in [5.41, 5.74) is 3.46. The zero-order chi connectivity index (χ0) is 22.3. The Labute approximate surface area is 213 Å². The average Bonchev–Trinajstić information content (AvgIpc) is 2.85. The van der Waals surface area contributed by atoms with Crippen LogP contribution >= 0.6 is 24.0 Å². The molecule has 0 unspecified atom stereocenters. The fourth-order valence-corrected chi connectivity index (χ4v) is 4.18. The highest BCUT2D eigenvalue weighted by Crippen LogP contribution is 2.22. The summed E-state index contributed by atoms with van der Waals surface area (Å²) in [5.74, 6) is 1.89. The molecule has 2 N–H and O–H groups in total. The van der Waals surface area contributed by atoms with E-state index in [4.69, 9.17) is 4.74 Å². The number of piperazine rings is 2. The van der Waals surface area contributed by atoms with Gasteiger partial charge in [0.05, 0.1) is 13.7 Å². The van der Waals surface area contributed by atoms with E-state index in [-0.39, 0.29) is 29.9 Å². The fourth-order valence-electron chi connectivity index (χ4n) is 4.18. The summed E-state index contributed by atoms with van der Waals surface area (Å²) in [4.78, 5) is 22.9. The zero-order valence-electron chi connectivity index (χ0n) is 19.3. The third-order valence-electron chi connectivity index (χ3n) is 6.00. The Hall–Kier alpha value is -2.69. The van der Waals surface area contributed by atoms with Gasteiger partial charge in [0.1, 0.15) is 5.75 Å². The number of amides is 1. The minimum Gasteiger partial charge on any atom is -0.497 e. The van der Waals surface area contributed by atoms with Crippen LogP contribution in [-0.2, 0) is 11.3 Å². The monoisotopic (exact) mass is 564 g/mol. The lowest BCUT2D eigenvalue weighted by Crippen LogP contribution is -2.52. The van der Waals surface area contributed by atoms with Crippen LogP contribution in [0.15, 0.2) is 53.5 Å². The number of rotatable bonds is 5. The van der Waals surface area contributed by atoms with Crippen molar-refractivity contribution in [3.05, 3.63) is 54.1 Å². The first-order valence-corrected chi connectivity index (χ1v) is 11.1. The summed E-state index contributed by atoms with van der Waals surface area (Å²) in [5, 5.41) is 6.36. The Morgan fingerprint density at radius 1 is 1.03 bits per heavy atom. The van der Waals surface area contributed by atoms with Gasteiger partial charge in [-0.25, -0.2) is 0 Å². The highest BCUT2D eigenvalue weighted by molar-refractivity contribution is 14.0. The van der Waals surface area contributed by atoms with E-state index in [1.54, 1.807) is 7.11 Å². The van der Waals surface area contributed by atoms with Crippen molar-refractivity contribution in [2.75, 3.05) is 69.8 Å². The molecule has 2 aromatic rings. The van der Waals surface area contributed by atoms with E-state index < -0.39 is 0 Å². The lowest BCUT2D eigenvalue weighted by atomic mass is 10.2. The Morgan fingerprint density at radius 2 is 1.79 bits per heavy atom. The van der Waals surface area contributed by atoms with Crippen molar-refractivity contribution in [2.24, 2.45) is 4.99 Å². The number of carbonyl (C=O) groups excluding carboxylic acids is 1. The van der Waals surface area contributed by atoms with Crippen molar-refractivity contribution in [3.8, 4) is 5.75 Å². The second kappa shape index (κ2) is 12.0. The molecule has 0 radical (unpaired) electrons. The molecule has 33 heavy (non-hydrogen) atoms. The maximum absolute atomic E-state index is 11.6. The van der Waals surface area contributed by atoms with Crippen LogP contribution in [0.2, 0.25) is 0 Å². The van der Waals surface area contributed by atoms with Gasteiger partial charge in [-0.15, -0.1) is 24.0 Å². The molecule has 2 aliphatic rings. The molecule has 2 saturated heterocycles. The summed E-state index contributed by atoms with van der Waals surface area (Å²) >= 11 is 0. The molecule has 178 valence electrons. The predicted octanol–water partition coefficient (Wildman–Crippen LogP) is 2.15. The number of halogens is 1. The minimum atomic E-state index is 0. The number of methoxy groups -OCH3 is 1. The van der Waals surface area contributed by atoms with Crippen molar-refractivity contribution in [1.82, 2.24) is 15.5 Å². The number of aliphatic imine (C=N–C) groups is 1. The average molecular weight is 564 g/mol. The molecule has 9 heteroatoms. The number of ether oxygens (including phenoxy) is 1. The van der Waals surface area contributed by atoms with Crippen molar-refractivity contribution in [1.29, 1.82) is 0 Å². The molecule has 0 atom stereocenters. The highest BCUT2D eigenvalue weighted by atomic mass is 127. The van der Waals surface area contributed by atoms with Gasteiger partial charge < -0.3 is 30.1 Å². The van der Waals surface area contributed by atoms with Crippen LogP contribution in [0, 0.1) is 0 Å². The van der Waals surface area contributed by atoms with E-state index in [0.29, 0.717) is 19.6 Å². The van der Waals surface area contributed by atoms with Crippen molar-refractivity contribution < 1.29 is 9.53 Å². The van der Waals surface area contributed by atoms with Gasteiger partial charge in [-0.2, -0.15) is 0 Å². The molecule has 2 heterocycles. The Balaban J connectivity index is 0.00000306. The van der Waals surface area contributed by atoms with E-state index in [9.17, 15) is 4.79 Å². The Morgan fingerprint density at radius 3 is 2.45 bits per heavy atom. The maximum Gasteiger partial charge on any atom is 0.239 e. The second-order valence-electron chi connectivity index (χ2n) is 8.01. The van der Waals surface area contributed by atoms with Gasteiger partial charge in [-0.1, -0.05) is 18.2 Å². The van der Waals surface area contributed by atoms with E-state index in [0.717, 1.165) is 50.1 Å². The normalized spacial score (nSPS) is 16.7. The van der Waals surface area contributed by atoms with E-state index >= 15 is 0 Å². The largest absolute Gasteiger partial charge is 0.497 e. The van der Waals surface area contributed by atoms with Crippen LogP contribution in [0.4, 0.5) is 11.4 Å². The standard InChI is InChI=1S/C24H32N6O2.HI/c1-25-24(29-14-12-28(13-15-29)21-4-3-5-22(16-21)32-2)27-17-19-6-8-20(9-7-19)30-11-10-26-23(31)18-30;/h3-9,16H,10-15,17-18H2,1-2H3,(H,25,27)(H,26,31);1H. The number of nitrogens with one attached hydrogen (secondary N) is 2. The lowest BCUT2D eigenvalue weighted by molar-refractivity contribution is -0.120. The predicted molar refractivity (Wildman–Crippen MR) is 144 cm³/mol. The van der Waals surface area contributed by atoms with Gasteiger partial charge in [0.2, 0.25) is 5.91 Å². The maximum atomic E-state index is 11.6. The van der Waals surface area contributed by atoms with E-state index in [1.807, 2.05) is 19.2 Å². The van der Waals surface area contributed by atoms with Crippen LogP contribution in [0.3, 0.4) is 0 Å². The molecule has 0 aromatic heterocycles. The molecule has 2 aliphatic heterocycles. The second-order valence-corrected chi connectivity index (χ2v) is 8.01. The zero-order valence-corrected chi connectivity index (χ0v) is 21.6. The van der Waals surface area contributed by atoms with Crippen molar-refractivity contribution in [2.45, 2.75) is 6.54 Å². The third kappa shape index (κ3) is 6.43. The number of hydrogen-bond acceptors (Lipinski definition) is 5. The first-order valence-electron chi connectivity index (χ1n) is 11.1. The summed E-state index contributed by atoms with van der Waals surface area (Å²) < 4.78 is 5.36. The van der Waals surface area contributed by atoms with Crippen molar-refractivity contribution >= 4 is 47.2 Å². The van der Waals surface area contributed by atoms with Crippen LogP contribution in [0.25, 0.3) is 0 Å². The molecule has 0 bridgehead atoms. The molecular weight excluding hydrogens is 531 g/mol. The molecule has 8 nitrogen and oxygen atoms in total.